The molecule has 126 valence electrons. The van der Waals surface area contributed by atoms with E-state index in [9.17, 15) is 4.79 Å². The van der Waals surface area contributed by atoms with Crippen LogP contribution in [0, 0.1) is 5.92 Å². The maximum Gasteiger partial charge on any atom is 0.270 e. The molecule has 0 fully saturated rings. The van der Waals surface area contributed by atoms with Crippen molar-refractivity contribution in [1.82, 2.24) is 20.3 Å². The minimum atomic E-state index is -0.0964. The quantitative estimate of drug-likeness (QED) is 0.849. The number of hydrogen-bond donors (Lipinski definition) is 2. The lowest BCUT2D eigenvalue weighted by Crippen LogP contribution is -2.34. The molecule has 0 saturated carbocycles. The largest absolute Gasteiger partial charge is 0.369 e. The summed E-state index contributed by atoms with van der Waals surface area (Å²) in [6, 6.07) is 4.02. The van der Waals surface area contributed by atoms with E-state index in [2.05, 4.69) is 39.4 Å². The zero-order chi connectivity index (χ0) is 16.9. The third-order valence-electron chi connectivity index (χ3n) is 3.98. The summed E-state index contributed by atoms with van der Waals surface area (Å²) in [6.45, 7) is 5.65. The van der Waals surface area contributed by atoms with Crippen LogP contribution in [0.4, 0.5) is 5.82 Å². The predicted molar refractivity (Wildman–Crippen MR) is 93.0 cm³/mol. The number of fused-ring (bicyclic) bond motifs is 1. The maximum atomic E-state index is 12.1. The van der Waals surface area contributed by atoms with Gasteiger partial charge in [-0.15, -0.1) is 0 Å². The Labute approximate surface area is 142 Å². The van der Waals surface area contributed by atoms with Gasteiger partial charge in [-0.25, -0.2) is 9.97 Å². The van der Waals surface area contributed by atoms with E-state index in [0.717, 1.165) is 43.0 Å². The fourth-order valence-corrected chi connectivity index (χ4v) is 2.82. The highest BCUT2D eigenvalue weighted by Gasteiger charge is 2.23. The van der Waals surface area contributed by atoms with Crippen LogP contribution in [0.5, 0.6) is 0 Å². The Morgan fingerprint density at radius 1 is 1.25 bits per heavy atom. The first-order chi connectivity index (χ1) is 11.6. The van der Waals surface area contributed by atoms with E-state index in [0.29, 0.717) is 18.2 Å². The van der Waals surface area contributed by atoms with E-state index in [1.165, 1.54) is 5.56 Å². The van der Waals surface area contributed by atoms with Crippen molar-refractivity contribution in [3.8, 4) is 0 Å². The van der Waals surface area contributed by atoms with Gasteiger partial charge in [0.1, 0.15) is 17.3 Å². The molecule has 0 unspecified atom stereocenters. The molecule has 1 aliphatic heterocycles. The van der Waals surface area contributed by atoms with Crippen LogP contribution in [0.15, 0.2) is 24.5 Å². The average molecular weight is 325 g/mol. The molecule has 0 saturated heterocycles. The zero-order valence-corrected chi connectivity index (χ0v) is 14.2. The van der Waals surface area contributed by atoms with Gasteiger partial charge in [-0.05, 0) is 36.5 Å². The summed E-state index contributed by atoms with van der Waals surface area (Å²) >= 11 is 0. The van der Waals surface area contributed by atoms with Gasteiger partial charge in [0.15, 0.2) is 0 Å². The third kappa shape index (κ3) is 3.88. The van der Waals surface area contributed by atoms with Crippen molar-refractivity contribution >= 4 is 11.7 Å². The number of aromatic nitrogens is 3. The molecule has 3 rings (SSSR count). The summed E-state index contributed by atoms with van der Waals surface area (Å²) < 4.78 is 0. The molecule has 2 aromatic rings. The zero-order valence-electron chi connectivity index (χ0n) is 14.2. The molecule has 1 aliphatic rings. The van der Waals surface area contributed by atoms with Crippen molar-refractivity contribution in [2.75, 3.05) is 18.4 Å². The predicted octanol–water partition coefficient (Wildman–Crippen LogP) is 2.01. The summed E-state index contributed by atoms with van der Waals surface area (Å²) in [5, 5.41) is 6.27. The summed E-state index contributed by atoms with van der Waals surface area (Å²) in [4.78, 5) is 25.3. The molecule has 24 heavy (non-hydrogen) atoms. The Kier molecular flexibility index (Phi) is 5.03. The van der Waals surface area contributed by atoms with Crippen LogP contribution in [-0.2, 0) is 19.3 Å². The molecular weight excluding hydrogens is 302 g/mol. The van der Waals surface area contributed by atoms with Crippen LogP contribution < -0.4 is 10.6 Å². The lowest BCUT2D eigenvalue weighted by molar-refractivity contribution is 0.0940. The van der Waals surface area contributed by atoms with E-state index in [1.807, 2.05) is 12.1 Å². The highest BCUT2D eigenvalue weighted by molar-refractivity contribution is 5.95. The van der Waals surface area contributed by atoms with E-state index >= 15 is 0 Å². The summed E-state index contributed by atoms with van der Waals surface area (Å²) in [5.74, 6) is 1.88. The van der Waals surface area contributed by atoms with Gasteiger partial charge in [0.25, 0.3) is 5.91 Å². The lowest BCUT2D eigenvalue weighted by Gasteiger charge is -2.20. The molecule has 0 atom stereocenters. The minimum Gasteiger partial charge on any atom is -0.369 e. The molecular formula is C18H23N5O. The topological polar surface area (TPSA) is 79.8 Å². The molecule has 3 heterocycles. The number of carbonyl (C=O) groups is 1. The third-order valence-corrected chi connectivity index (χ3v) is 3.98. The normalized spacial score (nSPS) is 13.5. The van der Waals surface area contributed by atoms with Crippen molar-refractivity contribution in [1.29, 1.82) is 0 Å². The van der Waals surface area contributed by atoms with Crippen LogP contribution in [0.3, 0.4) is 0 Å². The van der Waals surface area contributed by atoms with Gasteiger partial charge in [-0.3, -0.25) is 9.78 Å². The Balaban J connectivity index is 1.79. The van der Waals surface area contributed by atoms with Crippen molar-refractivity contribution in [3.05, 3.63) is 47.2 Å². The molecule has 6 nitrogen and oxygen atoms in total. The molecule has 1 amide bonds. The van der Waals surface area contributed by atoms with Gasteiger partial charge in [-0.1, -0.05) is 13.8 Å². The van der Waals surface area contributed by atoms with E-state index < -0.39 is 0 Å². The molecule has 2 aromatic heterocycles. The average Bonchev–Trinajstić information content (AvgIpc) is 2.56. The monoisotopic (exact) mass is 325 g/mol. The first-order valence-corrected chi connectivity index (χ1v) is 8.44. The SMILES string of the molecule is CC(C)Cc1nc(NCCc2ccncc2)c2c(n1)C(=O)NCC2. The highest BCUT2D eigenvalue weighted by Crippen LogP contribution is 2.21. The number of rotatable bonds is 6. The number of nitrogens with one attached hydrogen (secondary N) is 2. The molecule has 2 N–H and O–H groups in total. The smallest absolute Gasteiger partial charge is 0.270 e. The van der Waals surface area contributed by atoms with Crippen LogP contribution >= 0.6 is 0 Å². The second kappa shape index (κ2) is 7.38. The molecule has 0 radical (unpaired) electrons. The van der Waals surface area contributed by atoms with E-state index in [-0.39, 0.29) is 5.91 Å². The fourth-order valence-electron chi connectivity index (χ4n) is 2.82. The molecule has 0 spiro atoms. The highest BCUT2D eigenvalue weighted by atomic mass is 16.1. The van der Waals surface area contributed by atoms with E-state index in [1.54, 1.807) is 12.4 Å². The first-order valence-electron chi connectivity index (χ1n) is 8.44. The second-order valence-corrected chi connectivity index (χ2v) is 6.45. The van der Waals surface area contributed by atoms with Crippen LogP contribution in [0.1, 0.15) is 41.3 Å². The van der Waals surface area contributed by atoms with E-state index in [4.69, 9.17) is 0 Å². The number of carbonyl (C=O) groups excluding carboxylic acids is 1. The Hall–Kier alpha value is -2.50. The Morgan fingerprint density at radius 3 is 2.79 bits per heavy atom. The molecule has 0 aromatic carbocycles. The Morgan fingerprint density at radius 2 is 2.04 bits per heavy atom. The van der Waals surface area contributed by atoms with Crippen molar-refractivity contribution < 1.29 is 4.79 Å². The number of nitrogens with zero attached hydrogens (tertiary/aromatic N) is 3. The maximum absolute atomic E-state index is 12.1. The molecule has 6 heteroatoms. The van der Waals surface area contributed by atoms with Gasteiger partial charge in [0.05, 0.1) is 0 Å². The van der Waals surface area contributed by atoms with Crippen LogP contribution in [0.25, 0.3) is 0 Å². The minimum absolute atomic E-state index is 0.0964. The standard InChI is InChI=1S/C18H23N5O/c1-12(2)11-15-22-16-14(6-10-21-18(16)24)17(23-15)20-9-5-13-3-7-19-8-4-13/h3-4,7-8,12H,5-6,9-11H2,1-2H3,(H,21,24)(H,20,22,23). The van der Waals surface area contributed by atoms with Crippen LogP contribution in [-0.4, -0.2) is 33.9 Å². The Bertz CT molecular complexity index is 715. The number of hydrogen-bond acceptors (Lipinski definition) is 5. The van der Waals surface area contributed by atoms with Crippen molar-refractivity contribution in [2.24, 2.45) is 5.92 Å². The van der Waals surface area contributed by atoms with Crippen molar-refractivity contribution in [2.45, 2.75) is 33.1 Å². The summed E-state index contributed by atoms with van der Waals surface area (Å²) in [6.07, 6.45) is 6.01. The van der Waals surface area contributed by atoms with Gasteiger partial charge in [-0.2, -0.15) is 0 Å². The second-order valence-electron chi connectivity index (χ2n) is 6.45. The summed E-state index contributed by atoms with van der Waals surface area (Å²) in [5.41, 5.74) is 2.68. The molecule has 0 aliphatic carbocycles. The van der Waals surface area contributed by atoms with Crippen molar-refractivity contribution in [3.63, 3.8) is 0 Å². The fraction of sp³-hybridized carbons (Fsp3) is 0.444. The number of anilines is 1. The molecule has 0 bridgehead atoms. The van der Waals surface area contributed by atoms with Gasteiger partial charge in [0, 0.05) is 37.5 Å². The number of pyridine rings is 1. The van der Waals surface area contributed by atoms with Gasteiger partial charge < -0.3 is 10.6 Å². The summed E-state index contributed by atoms with van der Waals surface area (Å²) in [7, 11) is 0. The lowest BCUT2D eigenvalue weighted by atomic mass is 10.0. The first kappa shape index (κ1) is 16.4. The van der Waals surface area contributed by atoms with Gasteiger partial charge in [0.2, 0.25) is 0 Å². The van der Waals surface area contributed by atoms with Gasteiger partial charge >= 0.3 is 0 Å². The van der Waals surface area contributed by atoms with Crippen LogP contribution in [0.2, 0.25) is 0 Å². The number of amides is 1.